The van der Waals surface area contributed by atoms with Crippen LogP contribution in [-0.4, -0.2) is 9.55 Å². The maximum Gasteiger partial charge on any atom is 0.129 e. The Morgan fingerprint density at radius 2 is 1.95 bits per heavy atom. The van der Waals surface area contributed by atoms with Gasteiger partial charge in [0.05, 0.1) is 17.6 Å². The van der Waals surface area contributed by atoms with Gasteiger partial charge in [-0.25, -0.2) is 4.98 Å². The third-order valence-electron chi connectivity index (χ3n) is 3.86. The molecule has 3 aromatic rings. The molecular weight excluding hydrogens is 282 g/mol. The monoisotopic (exact) mass is 297 g/mol. The minimum atomic E-state index is 0.601. The van der Waals surface area contributed by atoms with Crippen molar-refractivity contribution in [2.75, 3.05) is 5.32 Å². The van der Waals surface area contributed by atoms with Gasteiger partial charge in [0.25, 0.3) is 0 Å². The fourth-order valence-corrected chi connectivity index (χ4v) is 2.89. The summed E-state index contributed by atoms with van der Waals surface area (Å²) in [7, 11) is 0. The second kappa shape index (κ2) is 5.08. The largest absolute Gasteiger partial charge is 0.378 e. The Kier molecular flexibility index (Phi) is 3.08. The Hall–Kier alpha value is -2.00. The predicted molar refractivity (Wildman–Crippen MR) is 86.8 cm³/mol. The van der Waals surface area contributed by atoms with E-state index in [9.17, 15) is 0 Å². The van der Waals surface area contributed by atoms with Gasteiger partial charge in [-0.15, -0.1) is 0 Å². The van der Waals surface area contributed by atoms with Crippen LogP contribution in [0.5, 0.6) is 0 Å². The number of rotatable bonds is 4. The van der Waals surface area contributed by atoms with Crippen molar-refractivity contribution >= 4 is 28.3 Å². The van der Waals surface area contributed by atoms with E-state index in [0.717, 1.165) is 28.6 Å². The summed E-state index contributed by atoms with van der Waals surface area (Å²) in [5.41, 5.74) is 3.29. The van der Waals surface area contributed by atoms with E-state index in [-0.39, 0.29) is 0 Å². The minimum Gasteiger partial charge on any atom is -0.378 e. The zero-order chi connectivity index (χ0) is 14.2. The summed E-state index contributed by atoms with van der Waals surface area (Å²) in [6.07, 6.45) is 2.48. The van der Waals surface area contributed by atoms with Crippen molar-refractivity contribution in [1.82, 2.24) is 9.55 Å². The molecule has 1 fully saturated rings. The second-order valence-corrected chi connectivity index (χ2v) is 5.92. The molecule has 0 spiro atoms. The molecule has 1 N–H and O–H groups in total. The highest BCUT2D eigenvalue weighted by Crippen LogP contribution is 2.39. The zero-order valence-corrected chi connectivity index (χ0v) is 12.3. The van der Waals surface area contributed by atoms with E-state index < -0.39 is 0 Å². The van der Waals surface area contributed by atoms with E-state index >= 15 is 0 Å². The number of anilines is 1. The van der Waals surface area contributed by atoms with Gasteiger partial charge in [0.2, 0.25) is 0 Å². The van der Waals surface area contributed by atoms with Crippen LogP contribution in [0.1, 0.15) is 24.7 Å². The Balaban J connectivity index is 1.69. The van der Waals surface area contributed by atoms with Gasteiger partial charge in [-0.2, -0.15) is 0 Å². The molecule has 0 amide bonds. The molecule has 0 bridgehead atoms. The van der Waals surface area contributed by atoms with E-state index in [2.05, 4.69) is 28.1 Å². The summed E-state index contributed by atoms with van der Waals surface area (Å²) in [4.78, 5) is 4.77. The Morgan fingerprint density at radius 1 is 1.14 bits per heavy atom. The normalized spacial score (nSPS) is 14.5. The first-order valence-electron chi connectivity index (χ1n) is 7.26. The fraction of sp³-hybridized carbons (Fsp3) is 0.235. The highest BCUT2D eigenvalue weighted by Gasteiger charge is 2.28. The maximum absolute atomic E-state index is 6.08. The lowest BCUT2D eigenvalue weighted by Crippen LogP contribution is -2.07. The molecule has 0 radical (unpaired) electrons. The van der Waals surface area contributed by atoms with Crippen molar-refractivity contribution in [3.05, 3.63) is 59.4 Å². The number of para-hydroxylation sites is 1. The molecular formula is C17H16ClN3. The molecule has 1 aliphatic rings. The molecule has 0 aliphatic heterocycles. The number of aromatic nitrogens is 2. The molecule has 1 aromatic heterocycles. The Bertz CT molecular complexity index is 775. The molecule has 1 heterocycles. The van der Waals surface area contributed by atoms with E-state index in [0.29, 0.717) is 6.04 Å². The fourth-order valence-electron chi connectivity index (χ4n) is 2.72. The van der Waals surface area contributed by atoms with Crippen LogP contribution >= 0.6 is 11.6 Å². The van der Waals surface area contributed by atoms with E-state index in [1.165, 1.54) is 18.4 Å². The van der Waals surface area contributed by atoms with Crippen molar-refractivity contribution in [3.63, 3.8) is 0 Å². The lowest BCUT2D eigenvalue weighted by Gasteiger charge is -2.09. The van der Waals surface area contributed by atoms with Gasteiger partial charge in [0, 0.05) is 16.8 Å². The molecule has 1 saturated carbocycles. The molecule has 4 heteroatoms. The average Bonchev–Trinajstić information content (AvgIpc) is 3.27. The van der Waals surface area contributed by atoms with Crippen LogP contribution in [0.15, 0.2) is 48.5 Å². The van der Waals surface area contributed by atoms with Crippen molar-refractivity contribution in [2.45, 2.75) is 25.4 Å². The lowest BCUT2D eigenvalue weighted by molar-refractivity contribution is 0.711. The van der Waals surface area contributed by atoms with Gasteiger partial charge in [0.1, 0.15) is 5.82 Å². The molecule has 2 aromatic carbocycles. The van der Waals surface area contributed by atoms with Crippen molar-refractivity contribution in [1.29, 1.82) is 0 Å². The smallest absolute Gasteiger partial charge is 0.129 e. The van der Waals surface area contributed by atoms with Crippen LogP contribution in [0.2, 0.25) is 5.02 Å². The number of nitrogens with one attached hydrogen (secondary N) is 1. The molecule has 3 nitrogen and oxygen atoms in total. The van der Waals surface area contributed by atoms with Gasteiger partial charge in [0.15, 0.2) is 0 Å². The third-order valence-corrected chi connectivity index (χ3v) is 4.10. The van der Waals surface area contributed by atoms with Crippen molar-refractivity contribution < 1.29 is 0 Å². The topological polar surface area (TPSA) is 29.9 Å². The molecule has 1 aliphatic carbocycles. The SMILES string of the molecule is Clc1ccc2c(c1)nc(CNc1ccccc1)n2C1CC1. The summed E-state index contributed by atoms with van der Waals surface area (Å²) in [6.45, 7) is 0.729. The number of benzene rings is 2. The Labute approximate surface area is 128 Å². The second-order valence-electron chi connectivity index (χ2n) is 5.48. The maximum atomic E-state index is 6.08. The van der Waals surface area contributed by atoms with Crippen LogP contribution in [0.4, 0.5) is 5.69 Å². The number of imidazole rings is 1. The number of fused-ring (bicyclic) bond motifs is 1. The number of halogens is 1. The van der Waals surface area contributed by atoms with Gasteiger partial charge in [-0.3, -0.25) is 0 Å². The summed E-state index contributed by atoms with van der Waals surface area (Å²) in [6, 6.07) is 16.8. The van der Waals surface area contributed by atoms with E-state index in [1.54, 1.807) is 0 Å². The molecule has 0 atom stereocenters. The Morgan fingerprint density at radius 3 is 2.71 bits per heavy atom. The van der Waals surface area contributed by atoms with Crippen LogP contribution in [-0.2, 0) is 6.54 Å². The summed E-state index contributed by atoms with van der Waals surface area (Å²) in [5, 5.41) is 4.18. The lowest BCUT2D eigenvalue weighted by atomic mass is 10.3. The van der Waals surface area contributed by atoms with Crippen LogP contribution in [0.3, 0.4) is 0 Å². The van der Waals surface area contributed by atoms with E-state index in [1.807, 2.05) is 30.3 Å². The van der Waals surface area contributed by atoms with Gasteiger partial charge < -0.3 is 9.88 Å². The molecule has 106 valence electrons. The zero-order valence-electron chi connectivity index (χ0n) is 11.6. The first kappa shape index (κ1) is 12.7. The number of nitrogens with zero attached hydrogens (tertiary/aromatic N) is 2. The standard InChI is InChI=1S/C17H16ClN3/c18-12-6-9-16-15(10-12)20-17(21(16)14-7-8-14)11-19-13-4-2-1-3-5-13/h1-6,9-10,14,19H,7-8,11H2. The molecule has 0 unspecified atom stereocenters. The molecule has 4 rings (SSSR count). The van der Waals surface area contributed by atoms with Crippen LogP contribution in [0, 0.1) is 0 Å². The highest BCUT2D eigenvalue weighted by atomic mass is 35.5. The number of hydrogen-bond acceptors (Lipinski definition) is 2. The van der Waals surface area contributed by atoms with E-state index in [4.69, 9.17) is 16.6 Å². The van der Waals surface area contributed by atoms with Gasteiger partial charge in [-0.1, -0.05) is 29.8 Å². The average molecular weight is 298 g/mol. The summed E-state index contributed by atoms with van der Waals surface area (Å²) < 4.78 is 2.36. The minimum absolute atomic E-state index is 0.601. The quantitative estimate of drug-likeness (QED) is 0.760. The first-order valence-corrected chi connectivity index (χ1v) is 7.64. The first-order chi connectivity index (χ1) is 10.3. The van der Waals surface area contributed by atoms with Gasteiger partial charge in [-0.05, 0) is 43.2 Å². The third kappa shape index (κ3) is 2.49. The summed E-state index contributed by atoms with van der Waals surface area (Å²) >= 11 is 6.08. The predicted octanol–water partition coefficient (Wildman–Crippen LogP) is 4.64. The molecule has 0 saturated heterocycles. The highest BCUT2D eigenvalue weighted by molar-refractivity contribution is 6.31. The number of hydrogen-bond donors (Lipinski definition) is 1. The van der Waals surface area contributed by atoms with Crippen molar-refractivity contribution in [2.24, 2.45) is 0 Å². The van der Waals surface area contributed by atoms with Gasteiger partial charge >= 0.3 is 0 Å². The van der Waals surface area contributed by atoms with Crippen LogP contribution in [0.25, 0.3) is 11.0 Å². The molecule has 21 heavy (non-hydrogen) atoms. The van der Waals surface area contributed by atoms with Crippen molar-refractivity contribution in [3.8, 4) is 0 Å². The summed E-state index contributed by atoms with van der Waals surface area (Å²) in [5.74, 6) is 1.08. The van der Waals surface area contributed by atoms with Crippen LogP contribution < -0.4 is 5.32 Å².